The Hall–Kier alpha value is -1.44. The SMILES string of the molecule is COc1cccc(OC)c1O.OB(O)O. The van der Waals surface area contributed by atoms with Gasteiger partial charge in [0.05, 0.1) is 14.2 Å². The molecule has 15 heavy (non-hydrogen) atoms. The molecule has 0 unspecified atom stereocenters. The van der Waals surface area contributed by atoms with Crippen LogP contribution >= 0.6 is 0 Å². The van der Waals surface area contributed by atoms with Gasteiger partial charge in [0.15, 0.2) is 11.5 Å². The highest BCUT2D eigenvalue weighted by Gasteiger charge is 2.05. The first kappa shape index (κ1) is 13.6. The molecule has 0 aliphatic rings. The maximum absolute atomic E-state index is 9.34. The zero-order valence-corrected chi connectivity index (χ0v) is 8.41. The quantitative estimate of drug-likeness (QED) is 0.490. The lowest BCUT2D eigenvalue weighted by atomic mass is 10.3. The number of benzene rings is 1. The monoisotopic (exact) mass is 216 g/mol. The van der Waals surface area contributed by atoms with E-state index < -0.39 is 7.32 Å². The fraction of sp³-hybridized carbons (Fsp3) is 0.250. The van der Waals surface area contributed by atoms with Gasteiger partial charge in [-0.3, -0.25) is 0 Å². The summed E-state index contributed by atoms with van der Waals surface area (Å²) in [5, 5.41) is 30.8. The molecule has 7 heteroatoms. The van der Waals surface area contributed by atoms with E-state index >= 15 is 0 Å². The molecule has 0 radical (unpaired) electrons. The van der Waals surface area contributed by atoms with Crippen molar-refractivity contribution in [1.29, 1.82) is 0 Å². The number of hydrogen-bond donors (Lipinski definition) is 4. The first-order chi connectivity index (χ1) is 7.02. The summed E-state index contributed by atoms with van der Waals surface area (Å²) >= 11 is 0. The van der Waals surface area contributed by atoms with Crippen LogP contribution in [0.1, 0.15) is 0 Å². The highest BCUT2D eigenvalue weighted by Crippen LogP contribution is 2.34. The lowest BCUT2D eigenvalue weighted by Gasteiger charge is -2.06. The van der Waals surface area contributed by atoms with Gasteiger partial charge in [0, 0.05) is 0 Å². The van der Waals surface area contributed by atoms with Crippen molar-refractivity contribution in [3.63, 3.8) is 0 Å². The van der Waals surface area contributed by atoms with E-state index in [2.05, 4.69) is 0 Å². The molecule has 0 heterocycles. The number of aromatic hydroxyl groups is 1. The topological polar surface area (TPSA) is 99.4 Å². The maximum atomic E-state index is 9.34. The van der Waals surface area contributed by atoms with Crippen LogP contribution in [0.25, 0.3) is 0 Å². The summed E-state index contributed by atoms with van der Waals surface area (Å²) in [5.41, 5.74) is 0. The summed E-state index contributed by atoms with van der Waals surface area (Å²) in [4.78, 5) is 0. The Kier molecular flexibility index (Phi) is 6.27. The molecule has 0 bridgehead atoms. The van der Waals surface area contributed by atoms with Crippen LogP contribution in [-0.4, -0.2) is 41.7 Å². The number of ether oxygens (including phenoxy) is 2. The van der Waals surface area contributed by atoms with Gasteiger partial charge in [-0.25, -0.2) is 0 Å². The number of para-hydroxylation sites is 1. The predicted octanol–water partition coefficient (Wildman–Crippen LogP) is -0.642. The fourth-order valence-electron chi connectivity index (χ4n) is 0.832. The van der Waals surface area contributed by atoms with Crippen LogP contribution in [0, 0.1) is 0 Å². The van der Waals surface area contributed by atoms with Crippen molar-refractivity contribution in [2.75, 3.05) is 14.2 Å². The van der Waals surface area contributed by atoms with Crippen molar-refractivity contribution >= 4 is 7.32 Å². The van der Waals surface area contributed by atoms with Gasteiger partial charge < -0.3 is 29.7 Å². The van der Waals surface area contributed by atoms with Crippen LogP contribution in [0.5, 0.6) is 17.2 Å². The van der Waals surface area contributed by atoms with Gasteiger partial charge >= 0.3 is 7.32 Å². The molecule has 84 valence electrons. The lowest BCUT2D eigenvalue weighted by molar-refractivity contribution is 0.278. The van der Waals surface area contributed by atoms with E-state index in [0.717, 1.165) is 0 Å². The third-order valence-electron chi connectivity index (χ3n) is 1.40. The Morgan fingerprint density at radius 3 is 1.60 bits per heavy atom. The van der Waals surface area contributed by atoms with Gasteiger partial charge in [-0.05, 0) is 12.1 Å². The summed E-state index contributed by atoms with van der Waals surface area (Å²) in [6, 6.07) is 5.08. The Morgan fingerprint density at radius 1 is 1.00 bits per heavy atom. The minimum atomic E-state index is -2.17. The average molecular weight is 216 g/mol. The Balaban J connectivity index is 0.000000423. The largest absolute Gasteiger partial charge is 0.631 e. The van der Waals surface area contributed by atoms with E-state index in [9.17, 15) is 5.11 Å². The van der Waals surface area contributed by atoms with Gasteiger partial charge in [-0.15, -0.1) is 0 Å². The van der Waals surface area contributed by atoms with Crippen molar-refractivity contribution in [3.05, 3.63) is 18.2 Å². The van der Waals surface area contributed by atoms with E-state index in [1.54, 1.807) is 18.2 Å². The van der Waals surface area contributed by atoms with Crippen molar-refractivity contribution in [1.82, 2.24) is 0 Å². The summed E-state index contributed by atoms with van der Waals surface area (Å²) in [6.07, 6.45) is 0. The Labute approximate surface area is 87.5 Å². The third kappa shape index (κ3) is 5.11. The number of hydrogen-bond acceptors (Lipinski definition) is 6. The molecule has 0 fully saturated rings. The maximum Gasteiger partial charge on any atom is 0.631 e. The number of rotatable bonds is 2. The van der Waals surface area contributed by atoms with E-state index in [1.807, 2.05) is 0 Å². The van der Waals surface area contributed by atoms with Gasteiger partial charge in [0.25, 0.3) is 0 Å². The molecule has 0 saturated heterocycles. The second kappa shape index (κ2) is 6.94. The zero-order valence-electron chi connectivity index (χ0n) is 8.41. The van der Waals surface area contributed by atoms with E-state index in [1.165, 1.54) is 14.2 Å². The minimum Gasteiger partial charge on any atom is -0.502 e. The average Bonchev–Trinajstić information content (AvgIpc) is 2.17. The summed E-state index contributed by atoms with van der Waals surface area (Å²) < 4.78 is 9.71. The number of methoxy groups -OCH3 is 2. The zero-order chi connectivity index (χ0) is 11.8. The van der Waals surface area contributed by atoms with Gasteiger partial charge in [-0.2, -0.15) is 0 Å². The van der Waals surface area contributed by atoms with E-state index in [-0.39, 0.29) is 5.75 Å². The Morgan fingerprint density at radius 2 is 1.33 bits per heavy atom. The number of phenolic OH excluding ortho intramolecular Hbond substituents is 1. The van der Waals surface area contributed by atoms with Crippen LogP contribution < -0.4 is 9.47 Å². The summed E-state index contributed by atoms with van der Waals surface area (Å²) in [7, 11) is 0.822. The normalized spacial score (nSPS) is 8.60. The molecule has 0 saturated carbocycles. The molecular weight excluding hydrogens is 203 g/mol. The van der Waals surface area contributed by atoms with Crippen LogP contribution in [0.3, 0.4) is 0 Å². The standard InChI is InChI=1S/C8H10O3.BH3O3/c1-10-6-4-3-5-7(11-2)8(6)9;2-1(3)4/h3-5,9H,1-2H3;2-4H. The molecule has 0 aromatic heterocycles. The fourth-order valence-corrected chi connectivity index (χ4v) is 0.832. The molecule has 0 amide bonds. The summed E-state index contributed by atoms with van der Waals surface area (Å²) in [5.74, 6) is 0.881. The van der Waals surface area contributed by atoms with Gasteiger partial charge in [0.1, 0.15) is 0 Å². The molecule has 1 rings (SSSR count). The first-order valence-corrected chi connectivity index (χ1v) is 3.97. The smallest absolute Gasteiger partial charge is 0.502 e. The Bertz CT molecular complexity index is 265. The number of phenols is 1. The van der Waals surface area contributed by atoms with Crippen LogP contribution in [0.2, 0.25) is 0 Å². The molecule has 0 atom stereocenters. The van der Waals surface area contributed by atoms with Crippen molar-refractivity contribution in [2.24, 2.45) is 0 Å². The van der Waals surface area contributed by atoms with Crippen molar-refractivity contribution in [2.45, 2.75) is 0 Å². The molecular formula is C8H13BO6. The molecule has 4 N–H and O–H groups in total. The van der Waals surface area contributed by atoms with E-state index in [4.69, 9.17) is 24.5 Å². The lowest BCUT2D eigenvalue weighted by Crippen LogP contribution is -2.07. The second-order valence-corrected chi connectivity index (χ2v) is 2.36. The molecule has 0 aliphatic carbocycles. The van der Waals surface area contributed by atoms with Crippen molar-refractivity contribution < 1.29 is 29.7 Å². The summed E-state index contributed by atoms with van der Waals surface area (Å²) in [6.45, 7) is 0. The second-order valence-electron chi connectivity index (χ2n) is 2.36. The molecule has 1 aromatic rings. The first-order valence-electron chi connectivity index (χ1n) is 3.97. The predicted molar refractivity (Wildman–Crippen MR) is 53.6 cm³/mol. The molecule has 0 aliphatic heterocycles. The van der Waals surface area contributed by atoms with Crippen molar-refractivity contribution in [3.8, 4) is 17.2 Å². The van der Waals surface area contributed by atoms with Gasteiger partial charge in [-0.1, -0.05) is 6.07 Å². The van der Waals surface area contributed by atoms with Crippen LogP contribution in [-0.2, 0) is 0 Å². The molecule has 6 nitrogen and oxygen atoms in total. The molecule has 0 spiro atoms. The molecule has 1 aromatic carbocycles. The highest BCUT2D eigenvalue weighted by molar-refractivity contribution is 6.30. The minimum absolute atomic E-state index is 0.0394. The third-order valence-corrected chi connectivity index (χ3v) is 1.40. The van der Waals surface area contributed by atoms with E-state index in [0.29, 0.717) is 11.5 Å². The highest BCUT2D eigenvalue weighted by atomic mass is 16.5. The van der Waals surface area contributed by atoms with Gasteiger partial charge in [0.2, 0.25) is 5.75 Å². The van der Waals surface area contributed by atoms with Crippen LogP contribution in [0.15, 0.2) is 18.2 Å². The van der Waals surface area contributed by atoms with Crippen LogP contribution in [0.4, 0.5) is 0 Å².